The Bertz CT molecular complexity index is 688. The Hall–Kier alpha value is -1.38. The second-order valence-corrected chi connectivity index (χ2v) is 7.18. The number of thioether (sulfide) groups is 1. The Kier molecular flexibility index (Phi) is 5.38. The number of aromatic carboxylic acids is 1. The lowest BCUT2D eigenvalue weighted by atomic mass is 10.3. The van der Waals surface area contributed by atoms with Crippen molar-refractivity contribution in [3.05, 3.63) is 39.3 Å². The second kappa shape index (κ2) is 7.06. The lowest BCUT2D eigenvalue weighted by molar-refractivity contribution is -0.113. The highest BCUT2D eigenvalue weighted by molar-refractivity contribution is 9.10. The first-order valence-corrected chi connectivity index (χ1v) is 8.44. The van der Waals surface area contributed by atoms with Gasteiger partial charge in [0, 0.05) is 10.2 Å². The van der Waals surface area contributed by atoms with Crippen LogP contribution in [0.3, 0.4) is 0 Å². The van der Waals surface area contributed by atoms with Gasteiger partial charge in [0.2, 0.25) is 5.91 Å². The maximum absolute atomic E-state index is 11.8. The number of carbonyl (C=O) groups is 2. The zero-order chi connectivity index (χ0) is 15.4. The molecule has 2 aromatic rings. The van der Waals surface area contributed by atoms with E-state index in [0.717, 1.165) is 15.8 Å². The number of aryl methyl sites for hydroxylation is 1. The van der Waals surface area contributed by atoms with Crippen molar-refractivity contribution in [1.29, 1.82) is 0 Å². The number of hydrogen-bond acceptors (Lipinski definition) is 5. The first-order chi connectivity index (χ1) is 9.95. The van der Waals surface area contributed by atoms with Gasteiger partial charge in [-0.25, -0.2) is 9.78 Å². The fourth-order valence-corrected chi connectivity index (χ4v) is 3.75. The molecule has 21 heavy (non-hydrogen) atoms. The summed E-state index contributed by atoms with van der Waals surface area (Å²) in [5, 5.41) is 11.7. The van der Waals surface area contributed by atoms with Crippen LogP contribution in [0.5, 0.6) is 0 Å². The Labute approximate surface area is 137 Å². The van der Waals surface area contributed by atoms with Gasteiger partial charge in [-0.05, 0) is 25.1 Å². The predicted molar refractivity (Wildman–Crippen MR) is 87.3 cm³/mol. The minimum Gasteiger partial charge on any atom is -0.477 e. The van der Waals surface area contributed by atoms with E-state index in [1.165, 1.54) is 11.8 Å². The van der Waals surface area contributed by atoms with E-state index in [4.69, 9.17) is 5.11 Å². The highest BCUT2D eigenvalue weighted by Crippen LogP contribution is 2.27. The summed E-state index contributed by atoms with van der Waals surface area (Å²) in [5.74, 6) is -0.975. The zero-order valence-corrected chi connectivity index (χ0v) is 14.1. The lowest BCUT2D eigenvalue weighted by Crippen LogP contribution is -2.13. The van der Waals surface area contributed by atoms with E-state index in [-0.39, 0.29) is 16.5 Å². The van der Waals surface area contributed by atoms with Crippen LogP contribution in [-0.4, -0.2) is 27.7 Å². The first kappa shape index (κ1) is 16.0. The molecule has 0 bridgehead atoms. The average Bonchev–Trinajstić information content (AvgIpc) is 2.78. The SMILES string of the molecule is Cc1nc(SCC(=O)Nc2cccc(Br)c2)sc1C(=O)O. The molecule has 0 spiro atoms. The van der Waals surface area contributed by atoms with Gasteiger partial charge in [0.05, 0.1) is 11.4 Å². The van der Waals surface area contributed by atoms with Crippen LogP contribution in [0.1, 0.15) is 15.4 Å². The number of anilines is 1. The number of benzene rings is 1. The van der Waals surface area contributed by atoms with Crippen molar-refractivity contribution < 1.29 is 14.7 Å². The number of carboxylic acids is 1. The van der Waals surface area contributed by atoms with Crippen LogP contribution in [-0.2, 0) is 4.79 Å². The third kappa shape index (κ3) is 4.55. The van der Waals surface area contributed by atoms with Crippen LogP contribution in [0.2, 0.25) is 0 Å². The number of thiazole rings is 1. The zero-order valence-electron chi connectivity index (χ0n) is 10.9. The summed E-state index contributed by atoms with van der Waals surface area (Å²) in [5.41, 5.74) is 1.18. The fourth-order valence-electron chi connectivity index (χ4n) is 1.52. The molecule has 0 fully saturated rings. The number of nitrogens with one attached hydrogen (secondary N) is 1. The molecule has 0 saturated carbocycles. The Morgan fingerprint density at radius 3 is 2.86 bits per heavy atom. The maximum atomic E-state index is 11.8. The van der Waals surface area contributed by atoms with E-state index in [1.807, 2.05) is 12.1 Å². The number of carbonyl (C=O) groups excluding carboxylic acids is 1. The molecule has 8 heteroatoms. The van der Waals surface area contributed by atoms with Gasteiger partial charge in [-0.3, -0.25) is 4.79 Å². The summed E-state index contributed by atoms with van der Waals surface area (Å²) in [6, 6.07) is 7.30. The van der Waals surface area contributed by atoms with Crippen molar-refractivity contribution in [2.24, 2.45) is 0 Å². The third-order valence-electron chi connectivity index (χ3n) is 2.41. The Morgan fingerprint density at radius 2 is 2.24 bits per heavy atom. The van der Waals surface area contributed by atoms with Crippen molar-refractivity contribution in [3.63, 3.8) is 0 Å². The highest BCUT2D eigenvalue weighted by Gasteiger charge is 2.15. The minimum atomic E-state index is -0.990. The summed E-state index contributed by atoms with van der Waals surface area (Å²) in [6.45, 7) is 1.64. The van der Waals surface area contributed by atoms with Crippen LogP contribution in [0, 0.1) is 6.92 Å². The summed E-state index contributed by atoms with van der Waals surface area (Å²) in [6.07, 6.45) is 0. The number of aromatic nitrogens is 1. The van der Waals surface area contributed by atoms with E-state index in [0.29, 0.717) is 15.7 Å². The van der Waals surface area contributed by atoms with Gasteiger partial charge in [0.15, 0.2) is 4.34 Å². The molecule has 0 aliphatic rings. The topological polar surface area (TPSA) is 79.3 Å². The number of halogens is 1. The molecule has 0 aliphatic heterocycles. The third-order valence-corrected chi connectivity index (χ3v) is 5.19. The van der Waals surface area contributed by atoms with Crippen molar-refractivity contribution in [2.45, 2.75) is 11.3 Å². The van der Waals surface area contributed by atoms with Crippen LogP contribution in [0.25, 0.3) is 0 Å². The van der Waals surface area contributed by atoms with Crippen molar-refractivity contribution in [1.82, 2.24) is 4.98 Å². The normalized spacial score (nSPS) is 10.4. The van der Waals surface area contributed by atoms with Gasteiger partial charge in [-0.2, -0.15) is 0 Å². The summed E-state index contributed by atoms with van der Waals surface area (Å²) >= 11 is 5.64. The molecule has 1 aromatic heterocycles. The largest absolute Gasteiger partial charge is 0.477 e. The standard InChI is InChI=1S/C13H11BrN2O3S2/c1-7-11(12(18)19)21-13(15-7)20-6-10(17)16-9-4-2-3-8(14)5-9/h2-5H,6H2,1H3,(H,16,17)(H,18,19). The van der Waals surface area contributed by atoms with Crippen LogP contribution < -0.4 is 5.32 Å². The second-order valence-electron chi connectivity index (χ2n) is 4.05. The van der Waals surface area contributed by atoms with Gasteiger partial charge in [0.1, 0.15) is 4.88 Å². The molecule has 2 N–H and O–H groups in total. The molecule has 1 amide bonds. The smallest absolute Gasteiger partial charge is 0.347 e. The van der Waals surface area contributed by atoms with E-state index in [2.05, 4.69) is 26.2 Å². The molecule has 0 atom stereocenters. The first-order valence-electron chi connectivity index (χ1n) is 5.84. The van der Waals surface area contributed by atoms with Gasteiger partial charge in [0.25, 0.3) is 0 Å². The minimum absolute atomic E-state index is 0.164. The molecule has 110 valence electrons. The fraction of sp³-hybridized carbons (Fsp3) is 0.154. The summed E-state index contributed by atoms with van der Waals surface area (Å²) in [4.78, 5) is 27.1. The molecule has 0 radical (unpaired) electrons. The van der Waals surface area contributed by atoms with Gasteiger partial charge >= 0.3 is 5.97 Å². The molecular formula is C13H11BrN2O3S2. The molecule has 2 rings (SSSR count). The van der Waals surface area contributed by atoms with Crippen LogP contribution in [0.4, 0.5) is 5.69 Å². The number of rotatable bonds is 5. The van der Waals surface area contributed by atoms with E-state index in [1.54, 1.807) is 19.1 Å². The molecule has 1 aromatic carbocycles. The molecule has 1 heterocycles. The number of carboxylic acid groups (broad SMARTS) is 1. The van der Waals surface area contributed by atoms with Gasteiger partial charge in [-0.15, -0.1) is 11.3 Å². The highest BCUT2D eigenvalue weighted by atomic mass is 79.9. The van der Waals surface area contributed by atoms with Crippen molar-refractivity contribution in [3.8, 4) is 0 Å². The molecule has 0 aliphatic carbocycles. The Morgan fingerprint density at radius 1 is 1.48 bits per heavy atom. The predicted octanol–water partition coefficient (Wildman–Crippen LogP) is 3.64. The molecular weight excluding hydrogens is 376 g/mol. The number of amides is 1. The number of hydrogen-bond donors (Lipinski definition) is 2. The molecule has 0 saturated heterocycles. The van der Waals surface area contributed by atoms with Gasteiger partial charge in [-0.1, -0.05) is 33.8 Å². The van der Waals surface area contributed by atoms with E-state index >= 15 is 0 Å². The van der Waals surface area contributed by atoms with Crippen LogP contribution >= 0.6 is 39.0 Å². The molecule has 0 unspecified atom stereocenters. The Balaban J connectivity index is 1.92. The average molecular weight is 387 g/mol. The summed E-state index contributed by atoms with van der Waals surface area (Å²) < 4.78 is 1.46. The monoisotopic (exact) mass is 386 g/mol. The van der Waals surface area contributed by atoms with E-state index in [9.17, 15) is 9.59 Å². The van der Waals surface area contributed by atoms with Crippen molar-refractivity contribution >= 4 is 56.6 Å². The quantitative estimate of drug-likeness (QED) is 0.766. The number of nitrogens with zero attached hydrogens (tertiary/aromatic N) is 1. The van der Waals surface area contributed by atoms with Crippen LogP contribution in [0.15, 0.2) is 33.1 Å². The van der Waals surface area contributed by atoms with Gasteiger partial charge < -0.3 is 10.4 Å². The van der Waals surface area contributed by atoms with E-state index < -0.39 is 5.97 Å². The molecule has 5 nitrogen and oxygen atoms in total. The van der Waals surface area contributed by atoms with Crippen molar-refractivity contribution in [2.75, 3.05) is 11.1 Å². The lowest BCUT2D eigenvalue weighted by Gasteiger charge is -2.04. The maximum Gasteiger partial charge on any atom is 0.347 e. The summed E-state index contributed by atoms with van der Waals surface area (Å²) in [7, 11) is 0.